The van der Waals surface area contributed by atoms with Gasteiger partial charge < -0.3 is 0 Å². The fourth-order valence-corrected chi connectivity index (χ4v) is 2.66. The molecule has 4 heteroatoms. The van der Waals surface area contributed by atoms with E-state index in [0.29, 0.717) is 21.4 Å². The fraction of sp³-hybridized carbons (Fsp3) is 0.125. The number of carbonyl (C=O) groups excluding carboxylic acids is 1. The van der Waals surface area contributed by atoms with Crippen LogP contribution in [0.2, 0.25) is 10.0 Å². The van der Waals surface area contributed by atoms with Crippen LogP contribution in [0.15, 0.2) is 17.0 Å². The minimum atomic E-state index is 0.133. The summed E-state index contributed by atoms with van der Waals surface area (Å²) in [5.41, 5.74) is 0.703. The molecule has 2 rings (SSSR count). The van der Waals surface area contributed by atoms with E-state index < -0.39 is 0 Å². The lowest BCUT2D eigenvalue weighted by atomic mass is 10.1. The molecule has 0 saturated heterocycles. The summed E-state index contributed by atoms with van der Waals surface area (Å²) in [6, 6.07) is 3.39. The number of thioether (sulfide) groups is 1. The van der Waals surface area contributed by atoms with Crippen molar-refractivity contribution in [1.82, 2.24) is 0 Å². The van der Waals surface area contributed by atoms with E-state index in [1.807, 2.05) is 0 Å². The van der Waals surface area contributed by atoms with Gasteiger partial charge in [-0.05, 0) is 12.1 Å². The Morgan fingerprint density at radius 2 is 2.08 bits per heavy atom. The van der Waals surface area contributed by atoms with Gasteiger partial charge in [-0.2, -0.15) is 0 Å². The Morgan fingerprint density at radius 1 is 1.33 bits per heavy atom. The quantitative estimate of drug-likeness (QED) is 0.665. The van der Waals surface area contributed by atoms with E-state index in [2.05, 4.69) is 0 Å². The van der Waals surface area contributed by atoms with Crippen molar-refractivity contribution in [2.45, 2.75) is 4.90 Å². The molecule has 1 aromatic rings. The second-order valence-electron chi connectivity index (χ2n) is 2.45. The third-order valence-corrected chi connectivity index (χ3v) is 3.73. The highest BCUT2D eigenvalue weighted by Gasteiger charge is 2.23. The molecule has 0 N–H and O–H groups in total. The van der Waals surface area contributed by atoms with E-state index in [9.17, 15) is 4.79 Å². The van der Waals surface area contributed by atoms with Gasteiger partial charge in [-0.25, -0.2) is 0 Å². The molecule has 0 atom stereocenters. The molecule has 62 valence electrons. The first-order valence-corrected chi connectivity index (χ1v) is 5.08. The molecule has 1 heterocycles. The average molecular weight is 219 g/mol. The summed E-state index contributed by atoms with van der Waals surface area (Å²) >= 11 is 13.1. The van der Waals surface area contributed by atoms with Crippen LogP contribution in [0.4, 0.5) is 0 Å². The average Bonchev–Trinajstić information content (AvgIpc) is 2.41. The first-order chi connectivity index (χ1) is 5.70. The lowest BCUT2D eigenvalue weighted by Gasteiger charge is -2.00. The third-order valence-electron chi connectivity index (χ3n) is 1.70. The Morgan fingerprint density at radius 3 is 2.83 bits per heavy atom. The minimum absolute atomic E-state index is 0.133. The first kappa shape index (κ1) is 8.42. The van der Waals surface area contributed by atoms with Gasteiger partial charge in [0.15, 0.2) is 5.78 Å². The van der Waals surface area contributed by atoms with Crippen LogP contribution in [-0.4, -0.2) is 11.5 Å². The molecule has 1 nitrogen and oxygen atoms in total. The van der Waals surface area contributed by atoms with Crippen molar-refractivity contribution in [3.63, 3.8) is 0 Å². The second kappa shape index (κ2) is 2.95. The Balaban J connectivity index is 2.68. The highest BCUT2D eigenvalue weighted by molar-refractivity contribution is 8.00. The minimum Gasteiger partial charge on any atom is -0.293 e. The van der Waals surface area contributed by atoms with Gasteiger partial charge in [0.05, 0.1) is 15.8 Å². The first-order valence-electron chi connectivity index (χ1n) is 3.34. The molecular formula is C8H4Cl2OS. The maximum absolute atomic E-state index is 11.2. The maximum atomic E-state index is 11.2. The van der Waals surface area contributed by atoms with Gasteiger partial charge in [-0.1, -0.05) is 23.2 Å². The summed E-state index contributed by atoms with van der Waals surface area (Å²) in [5.74, 6) is 0.614. The largest absolute Gasteiger partial charge is 0.293 e. The number of ketones is 1. The van der Waals surface area contributed by atoms with E-state index in [1.54, 1.807) is 12.1 Å². The molecule has 0 radical (unpaired) electrons. The number of halogens is 2. The van der Waals surface area contributed by atoms with Crippen LogP contribution < -0.4 is 0 Å². The van der Waals surface area contributed by atoms with E-state index in [1.165, 1.54) is 11.8 Å². The van der Waals surface area contributed by atoms with Crippen LogP contribution in [0, 0.1) is 0 Å². The second-order valence-corrected chi connectivity index (χ2v) is 4.22. The topological polar surface area (TPSA) is 17.1 Å². The van der Waals surface area contributed by atoms with Crippen LogP contribution in [0.1, 0.15) is 10.4 Å². The van der Waals surface area contributed by atoms with Crippen LogP contribution in [0.25, 0.3) is 0 Å². The summed E-state index contributed by atoms with van der Waals surface area (Å²) in [6.07, 6.45) is 0. The van der Waals surface area contributed by atoms with E-state index >= 15 is 0 Å². The van der Waals surface area contributed by atoms with Crippen LogP contribution >= 0.6 is 35.0 Å². The summed E-state index contributed by atoms with van der Waals surface area (Å²) in [6.45, 7) is 0. The Kier molecular flexibility index (Phi) is 2.07. The zero-order chi connectivity index (χ0) is 8.72. The smallest absolute Gasteiger partial charge is 0.174 e. The Bertz CT molecular complexity index is 362. The zero-order valence-corrected chi connectivity index (χ0v) is 8.26. The number of hydrogen-bond donors (Lipinski definition) is 0. The van der Waals surface area contributed by atoms with Gasteiger partial charge in [0.1, 0.15) is 0 Å². The van der Waals surface area contributed by atoms with Crippen molar-refractivity contribution in [1.29, 1.82) is 0 Å². The summed E-state index contributed by atoms with van der Waals surface area (Å²) in [7, 11) is 0. The monoisotopic (exact) mass is 218 g/mol. The molecule has 0 aliphatic carbocycles. The number of benzene rings is 1. The summed E-state index contributed by atoms with van der Waals surface area (Å²) < 4.78 is 0. The number of carbonyl (C=O) groups is 1. The zero-order valence-electron chi connectivity index (χ0n) is 5.93. The van der Waals surface area contributed by atoms with Crippen LogP contribution in [0.5, 0.6) is 0 Å². The Labute approximate surface area is 84.0 Å². The molecular weight excluding hydrogens is 215 g/mol. The molecule has 1 aliphatic heterocycles. The van der Waals surface area contributed by atoms with Crippen molar-refractivity contribution < 1.29 is 4.79 Å². The number of rotatable bonds is 0. The summed E-state index contributed by atoms with van der Waals surface area (Å²) in [4.78, 5) is 12.0. The van der Waals surface area contributed by atoms with Crippen molar-refractivity contribution in [2.24, 2.45) is 0 Å². The molecule has 12 heavy (non-hydrogen) atoms. The molecule has 1 aromatic carbocycles. The number of fused-ring (bicyclic) bond motifs is 1. The lowest BCUT2D eigenvalue weighted by Crippen LogP contribution is -1.94. The van der Waals surface area contributed by atoms with Gasteiger partial charge in [0.2, 0.25) is 0 Å². The normalized spacial score (nSPS) is 15.0. The third kappa shape index (κ3) is 1.15. The highest BCUT2D eigenvalue weighted by atomic mass is 35.5. The predicted octanol–water partition coefficient (Wildman–Crippen LogP) is 3.28. The molecule has 0 spiro atoms. The highest BCUT2D eigenvalue weighted by Crippen LogP contribution is 2.40. The van der Waals surface area contributed by atoms with Crippen LogP contribution in [0.3, 0.4) is 0 Å². The van der Waals surface area contributed by atoms with Crippen molar-refractivity contribution in [3.8, 4) is 0 Å². The van der Waals surface area contributed by atoms with E-state index in [4.69, 9.17) is 23.2 Å². The standard InChI is InChI=1S/C8H4Cl2OS/c9-5-2-1-4-6(11)3-12-8(4)7(5)10/h1-2H,3H2. The molecule has 1 aliphatic rings. The van der Waals surface area contributed by atoms with E-state index in [-0.39, 0.29) is 5.78 Å². The maximum Gasteiger partial charge on any atom is 0.174 e. The van der Waals surface area contributed by atoms with Crippen molar-refractivity contribution in [3.05, 3.63) is 27.7 Å². The van der Waals surface area contributed by atoms with Gasteiger partial charge >= 0.3 is 0 Å². The molecule has 0 bridgehead atoms. The van der Waals surface area contributed by atoms with Gasteiger partial charge in [-0.3, -0.25) is 4.79 Å². The number of Topliss-reactive ketones (excluding diaryl/α,β-unsaturated/α-hetero) is 1. The van der Waals surface area contributed by atoms with Crippen LogP contribution in [-0.2, 0) is 0 Å². The molecule has 0 fully saturated rings. The molecule has 0 aromatic heterocycles. The summed E-state index contributed by atoms with van der Waals surface area (Å²) in [5, 5.41) is 1.02. The fourth-order valence-electron chi connectivity index (χ4n) is 1.11. The predicted molar refractivity (Wildman–Crippen MR) is 51.5 cm³/mol. The number of hydrogen-bond acceptors (Lipinski definition) is 2. The van der Waals surface area contributed by atoms with Gasteiger partial charge in [0.25, 0.3) is 0 Å². The SMILES string of the molecule is O=C1CSc2c1ccc(Cl)c2Cl. The molecule has 0 saturated carbocycles. The lowest BCUT2D eigenvalue weighted by molar-refractivity contribution is 0.102. The van der Waals surface area contributed by atoms with Crippen molar-refractivity contribution >= 4 is 40.7 Å². The van der Waals surface area contributed by atoms with Gasteiger partial charge in [0, 0.05) is 10.5 Å². The van der Waals surface area contributed by atoms with E-state index in [0.717, 1.165) is 4.90 Å². The van der Waals surface area contributed by atoms with Crippen molar-refractivity contribution in [2.75, 3.05) is 5.75 Å². The Hall–Kier alpha value is -0.180. The molecule has 0 amide bonds. The van der Waals surface area contributed by atoms with Gasteiger partial charge in [-0.15, -0.1) is 11.8 Å². The molecule has 0 unspecified atom stereocenters.